The molecule has 1 aliphatic heterocycles. The summed E-state index contributed by atoms with van der Waals surface area (Å²) >= 11 is 0. The van der Waals surface area contributed by atoms with Gasteiger partial charge in [-0.25, -0.2) is 8.78 Å². The highest BCUT2D eigenvalue weighted by molar-refractivity contribution is 6.00. The fraction of sp³-hybridized carbons (Fsp3) is 0.353. The Morgan fingerprint density at radius 1 is 1.20 bits per heavy atom. The van der Waals surface area contributed by atoms with Crippen LogP contribution in [0.15, 0.2) is 28.8 Å². The van der Waals surface area contributed by atoms with E-state index in [0.29, 0.717) is 18.7 Å². The summed E-state index contributed by atoms with van der Waals surface area (Å²) < 4.78 is 31.5. The average Bonchev–Trinajstić information content (AvgIpc) is 2.99. The number of hydrogen-bond acceptors (Lipinski definition) is 4. The molecule has 2 aromatic rings. The minimum absolute atomic E-state index is 0.0118. The second-order valence-electron chi connectivity index (χ2n) is 5.98. The molecule has 1 unspecified atom stereocenters. The average molecular weight is 349 g/mol. The predicted molar refractivity (Wildman–Crippen MR) is 84.9 cm³/mol. The molecule has 0 aliphatic carbocycles. The highest BCUT2D eigenvalue weighted by Crippen LogP contribution is 2.22. The molecule has 1 aliphatic rings. The molecule has 1 aromatic carbocycles. The maximum Gasteiger partial charge on any atom is 0.276 e. The molecular formula is C17H17F2N3O3. The molecule has 6 nitrogen and oxygen atoms in total. The van der Waals surface area contributed by atoms with E-state index in [1.807, 2.05) is 0 Å². The Balaban J connectivity index is 1.78. The second kappa shape index (κ2) is 7.00. The van der Waals surface area contributed by atoms with Crippen molar-refractivity contribution in [1.82, 2.24) is 10.1 Å². The Morgan fingerprint density at radius 2 is 1.92 bits per heavy atom. The summed E-state index contributed by atoms with van der Waals surface area (Å²) in [6.45, 7) is 2.07. The van der Waals surface area contributed by atoms with E-state index in [2.05, 4.69) is 10.5 Å². The lowest BCUT2D eigenvalue weighted by atomic mass is 10.0. The van der Waals surface area contributed by atoms with Crippen LogP contribution in [-0.4, -0.2) is 34.5 Å². The summed E-state index contributed by atoms with van der Waals surface area (Å²) in [4.78, 5) is 26.6. The van der Waals surface area contributed by atoms with Crippen molar-refractivity contribution in [2.75, 3.05) is 11.9 Å². The lowest BCUT2D eigenvalue weighted by Gasteiger charge is -2.34. The van der Waals surface area contributed by atoms with Crippen molar-refractivity contribution in [3.8, 4) is 0 Å². The van der Waals surface area contributed by atoms with Crippen molar-refractivity contribution in [2.24, 2.45) is 0 Å². The van der Waals surface area contributed by atoms with Gasteiger partial charge >= 0.3 is 0 Å². The van der Waals surface area contributed by atoms with Crippen LogP contribution in [0.2, 0.25) is 0 Å². The Bertz CT molecular complexity index is 786. The molecule has 1 N–H and O–H groups in total. The van der Waals surface area contributed by atoms with Crippen molar-refractivity contribution < 1.29 is 22.9 Å². The van der Waals surface area contributed by atoms with Crippen LogP contribution in [0.4, 0.5) is 14.5 Å². The third kappa shape index (κ3) is 3.84. The summed E-state index contributed by atoms with van der Waals surface area (Å²) in [7, 11) is 0. The van der Waals surface area contributed by atoms with Gasteiger partial charge in [0.2, 0.25) is 5.91 Å². The summed E-state index contributed by atoms with van der Waals surface area (Å²) in [6.07, 6.45) is 2.00. The number of nitrogens with one attached hydrogen (secondary N) is 1. The molecule has 25 heavy (non-hydrogen) atoms. The first-order valence-corrected chi connectivity index (χ1v) is 7.95. The van der Waals surface area contributed by atoms with Gasteiger partial charge in [0.25, 0.3) is 5.91 Å². The maximum absolute atomic E-state index is 13.3. The number of piperidine rings is 1. The Hall–Kier alpha value is -2.77. The second-order valence-corrected chi connectivity index (χ2v) is 5.98. The monoisotopic (exact) mass is 349 g/mol. The lowest BCUT2D eigenvalue weighted by molar-refractivity contribution is -0.121. The largest absolute Gasteiger partial charge is 0.361 e. The predicted octanol–water partition coefficient (Wildman–Crippen LogP) is 2.89. The SMILES string of the molecule is Cc1cc(C(=O)N2CCCCC2C(=O)Nc2cc(F)cc(F)c2)no1. The van der Waals surface area contributed by atoms with Gasteiger partial charge in [0.1, 0.15) is 23.4 Å². The molecule has 2 amide bonds. The van der Waals surface area contributed by atoms with Gasteiger partial charge in [0.05, 0.1) is 0 Å². The van der Waals surface area contributed by atoms with Crippen molar-refractivity contribution in [1.29, 1.82) is 0 Å². The standard InChI is InChI=1S/C17H17F2N3O3/c1-10-6-14(21-25-10)17(24)22-5-3-2-4-15(22)16(23)20-13-8-11(18)7-12(19)9-13/h6-9,15H,2-5H2,1H3,(H,20,23). The third-order valence-corrected chi connectivity index (χ3v) is 4.04. The number of aryl methyl sites for hydroxylation is 1. The molecular weight excluding hydrogens is 332 g/mol. The van der Waals surface area contributed by atoms with E-state index in [-0.39, 0.29) is 11.4 Å². The van der Waals surface area contributed by atoms with Crippen molar-refractivity contribution in [3.63, 3.8) is 0 Å². The van der Waals surface area contributed by atoms with Gasteiger partial charge in [-0.15, -0.1) is 0 Å². The summed E-state index contributed by atoms with van der Waals surface area (Å²) in [5.41, 5.74) is 0.145. The summed E-state index contributed by atoms with van der Waals surface area (Å²) in [6, 6.07) is 3.55. The van der Waals surface area contributed by atoms with Crippen LogP contribution in [0.25, 0.3) is 0 Å². The first-order chi connectivity index (χ1) is 11.9. The number of amides is 2. The first-order valence-electron chi connectivity index (χ1n) is 7.95. The van der Waals surface area contributed by atoms with E-state index in [1.165, 1.54) is 11.0 Å². The zero-order valence-electron chi connectivity index (χ0n) is 13.6. The van der Waals surface area contributed by atoms with E-state index >= 15 is 0 Å². The van der Waals surface area contributed by atoms with Gasteiger partial charge in [-0.2, -0.15) is 0 Å². The smallest absolute Gasteiger partial charge is 0.276 e. The zero-order chi connectivity index (χ0) is 18.0. The van der Waals surface area contributed by atoms with Gasteiger partial charge in [0.15, 0.2) is 5.69 Å². The third-order valence-electron chi connectivity index (χ3n) is 4.04. The van der Waals surface area contributed by atoms with Gasteiger partial charge in [-0.1, -0.05) is 5.16 Å². The molecule has 0 radical (unpaired) electrons. The fourth-order valence-electron chi connectivity index (χ4n) is 2.91. The van der Waals surface area contributed by atoms with Crippen LogP contribution in [0.5, 0.6) is 0 Å². The van der Waals surface area contributed by atoms with Crippen molar-refractivity contribution >= 4 is 17.5 Å². The van der Waals surface area contributed by atoms with E-state index in [4.69, 9.17) is 4.52 Å². The number of likely N-dealkylation sites (tertiary alicyclic amines) is 1. The molecule has 0 saturated carbocycles. The van der Waals surface area contributed by atoms with Crippen LogP contribution in [0.3, 0.4) is 0 Å². The van der Waals surface area contributed by atoms with Crippen molar-refractivity contribution in [3.05, 3.63) is 47.4 Å². The fourth-order valence-corrected chi connectivity index (χ4v) is 2.91. The molecule has 3 rings (SSSR count). The van der Waals surface area contributed by atoms with E-state index in [1.54, 1.807) is 6.92 Å². The Labute approximate surface area is 142 Å². The topological polar surface area (TPSA) is 75.4 Å². The summed E-state index contributed by atoms with van der Waals surface area (Å²) in [5.74, 6) is -1.97. The molecule has 2 heterocycles. The van der Waals surface area contributed by atoms with Gasteiger partial charge < -0.3 is 14.7 Å². The number of halogens is 2. The van der Waals surface area contributed by atoms with E-state index in [0.717, 1.165) is 31.0 Å². The zero-order valence-corrected chi connectivity index (χ0v) is 13.6. The van der Waals surface area contributed by atoms with Gasteiger partial charge in [-0.3, -0.25) is 9.59 Å². The van der Waals surface area contributed by atoms with E-state index < -0.39 is 29.5 Å². The number of nitrogens with zero attached hydrogens (tertiary/aromatic N) is 2. The van der Waals surface area contributed by atoms with E-state index in [9.17, 15) is 18.4 Å². The van der Waals surface area contributed by atoms with Gasteiger partial charge in [-0.05, 0) is 38.3 Å². The minimum atomic E-state index is -0.787. The molecule has 132 valence electrons. The molecule has 1 saturated heterocycles. The highest BCUT2D eigenvalue weighted by Gasteiger charge is 2.34. The molecule has 0 spiro atoms. The van der Waals surface area contributed by atoms with Crippen molar-refractivity contribution in [2.45, 2.75) is 32.2 Å². The number of rotatable bonds is 3. The molecule has 1 aromatic heterocycles. The number of hydrogen-bond donors (Lipinski definition) is 1. The normalized spacial score (nSPS) is 17.4. The van der Waals surface area contributed by atoms with Crippen LogP contribution in [0.1, 0.15) is 35.5 Å². The van der Waals surface area contributed by atoms with Crippen LogP contribution >= 0.6 is 0 Å². The molecule has 0 bridgehead atoms. The first kappa shape index (κ1) is 17.1. The quantitative estimate of drug-likeness (QED) is 0.924. The lowest BCUT2D eigenvalue weighted by Crippen LogP contribution is -2.50. The number of carbonyl (C=O) groups is 2. The summed E-state index contributed by atoms with van der Waals surface area (Å²) in [5, 5.41) is 6.17. The highest BCUT2D eigenvalue weighted by atomic mass is 19.1. The number of benzene rings is 1. The van der Waals surface area contributed by atoms with Crippen LogP contribution < -0.4 is 5.32 Å². The number of aromatic nitrogens is 1. The molecule has 8 heteroatoms. The van der Waals surface area contributed by atoms with Gasteiger partial charge in [0, 0.05) is 24.4 Å². The molecule has 1 fully saturated rings. The Morgan fingerprint density at radius 3 is 2.56 bits per heavy atom. The number of anilines is 1. The number of carbonyl (C=O) groups excluding carboxylic acids is 2. The van der Waals surface area contributed by atoms with Crippen LogP contribution in [-0.2, 0) is 4.79 Å². The minimum Gasteiger partial charge on any atom is -0.361 e. The van der Waals surface area contributed by atoms with Crippen LogP contribution in [0, 0.1) is 18.6 Å². The Kier molecular flexibility index (Phi) is 4.78. The maximum atomic E-state index is 13.3. The molecule has 1 atom stereocenters.